The van der Waals surface area contributed by atoms with Gasteiger partial charge >= 0.3 is 0 Å². The molecule has 7 heteroatoms. The number of likely N-dealkylation sites (N-methyl/N-ethyl adjacent to an activating group) is 1. The Hall–Kier alpha value is -0.890. The van der Waals surface area contributed by atoms with Gasteiger partial charge in [0.05, 0.1) is 4.90 Å². The third-order valence-electron chi connectivity index (χ3n) is 3.38. The second-order valence-electron chi connectivity index (χ2n) is 4.96. The Bertz CT molecular complexity index is 495. The van der Waals surface area contributed by atoms with E-state index in [9.17, 15) is 8.42 Å². The van der Waals surface area contributed by atoms with E-state index in [1.807, 2.05) is 0 Å². The lowest BCUT2D eigenvalue weighted by molar-refractivity contribution is 0.309. The predicted octanol–water partition coefficient (Wildman–Crippen LogP) is 1.13. The number of aromatic amines is 1. The third-order valence-corrected chi connectivity index (χ3v) is 4.82. The average molecular weight is 316 g/mol. The Kier molecular flexibility index (Phi) is 7.95. The molecule has 3 N–H and O–H groups in total. The summed E-state index contributed by atoms with van der Waals surface area (Å²) >= 11 is 0. The van der Waals surface area contributed by atoms with E-state index >= 15 is 0 Å². The van der Waals surface area contributed by atoms with Crippen LogP contribution in [0.2, 0.25) is 0 Å². The molecule has 21 heavy (non-hydrogen) atoms. The van der Waals surface area contributed by atoms with Crippen molar-refractivity contribution in [3.8, 4) is 0 Å². The molecule has 122 valence electrons. The summed E-state index contributed by atoms with van der Waals surface area (Å²) < 4.78 is 27.0. The lowest BCUT2D eigenvalue weighted by atomic mass is 10.4. The highest BCUT2D eigenvalue weighted by atomic mass is 32.2. The number of aromatic nitrogens is 1. The maximum atomic E-state index is 12.2. The van der Waals surface area contributed by atoms with Crippen molar-refractivity contribution < 1.29 is 8.42 Å². The molecule has 0 aliphatic carbocycles. The van der Waals surface area contributed by atoms with Gasteiger partial charge in [0.15, 0.2) is 0 Å². The first-order valence-corrected chi connectivity index (χ1v) is 9.11. The fourth-order valence-corrected chi connectivity index (χ4v) is 3.08. The molecule has 0 aliphatic heterocycles. The maximum absolute atomic E-state index is 12.2. The van der Waals surface area contributed by atoms with Crippen LogP contribution in [0, 0.1) is 0 Å². The van der Waals surface area contributed by atoms with Crippen molar-refractivity contribution >= 4 is 10.0 Å². The molecule has 1 rings (SSSR count). The molecular weight excluding hydrogens is 288 g/mol. The van der Waals surface area contributed by atoms with E-state index < -0.39 is 10.0 Å². The molecule has 0 unspecified atom stereocenters. The van der Waals surface area contributed by atoms with Crippen molar-refractivity contribution in [3.05, 3.63) is 18.0 Å². The molecule has 0 aromatic carbocycles. The monoisotopic (exact) mass is 316 g/mol. The molecule has 1 aromatic heterocycles. The van der Waals surface area contributed by atoms with E-state index in [0.29, 0.717) is 18.0 Å². The van der Waals surface area contributed by atoms with Gasteiger partial charge in [-0.2, -0.15) is 0 Å². The first-order chi connectivity index (χ1) is 10.0. The maximum Gasteiger partial charge on any atom is 0.242 e. The molecule has 0 saturated heterocycles. The van der Waals surface area contributed by atoms with Gasteiger partial charge in [0.2, 0.25) is 10.0 Å². The zero-order valence-electron chi connectivity index (χ0n) is 13.3. The summed E-state index contributed by atoms with van der Waals surface area (Å²) in [7, 11) is -3.42. The predicted molar refractivity (Wildman–Crippen MR) is 85.8 cm³/mol. The first-order valence-electron chi connectivity index (χ1n) is 7.63. The number of nitrogens with zero attached hydrogens (tertiary/aromatic N) is 1. The minimum Gasteiger partial charge on any atom is -0.363 e. The highest BCUT2D eigenvalue weighted by molar-refractivity contribution is 7.89. The van der Waals surface area contributed by atoms with Crippen LogP contribution < -0.4 is 10.0 Å². The van der Waals surface area contributed by atoms with Crippen LogP contribution in [0.1, 0.15) is 32.9 Å². The number of nitrogens with one attached hydrogen (secondary N) is 3. The van der Waals surface area contributed by atoms with Crippen molar-refractivity contribution in [3.63, 3.8) is 0 Å². The second-order valence-corrected chi connectivity index (χ2v) is 6.73. The largest absolute Gasteiger partial charge is 0.363 e. The Morgan fingerprint density at radius 2 is 1.90 bits per heavy atom. The van der Waals surface area contributed by atoms with E-state index in [-0.39, 0.29) is 0 Å². The lowest BCUT2D eigenvalue weighted by Crippen LogP contribution is -2.34. The quantitative estimate of drug-likeness (QED) is 0.535. The van der Waals surface area contributed by atoms with Crippen molar-refractivity contribution in [2.45, 2.75) is 38.6 Å². The van der Waals surface area contributed by atoms with Crippen LogP contribution in [0.15, 0.2) is 17.2 Å². The second kappa shape index (κ2) is 9.19. The molecule has 6 nitrogen and oxygen atoms in total. The molecule has 0 spiro atoms. The number of sulfonamides is 1. The molecule has 0 atom stereocenters. The summed E-state index contributed by atoms with van der Waals surface area (Å²) in [6.45, 7) is 10.8. The molecule has 0 radical (unpaired) electrons. The fraction of sp³-hybridized carbons (Fsp3) is 0.714. The number of hydrogen-bond acceptors (Lipinski definition) is 4. The number of hydrogen-bond donors (Lipinski definition) is 3. The van der Waals surface area contributed by atoms with Crippen LogP contribution >= 0.6 is 0 Å². The Morgan fingerprint density at radius 1 is 1.19 bits per heavy atom. The van der Waals surface area contributed by atoms with Crippen molar-refractivity contribution in [1.82, 2.24) is 19.9 Å². The summed E-state index contributed by atoms with van der Waals surface area (Å²) in [6, 6.07) is 1.68. The lowest BCUT2D eigenvalue weighted by Gasteiger charge is -2.17. The van der Waals surface area contributed by atoms with Crippen molar-refractivity contribution in [1.29, 1.82) is 0 Å². The van der Waals surface area contributed by atoms with E-state index in [0.717, 1.165) is 38.3 Å². The van der Waals surface area contributed by atoms with Crippen LogP contribution in [-0.4, -0.2) is 51.0 Å². The van der Waals surface area contributed by atoms with Gasteiger partial charge in [-0.1, -0.05) is 20.8 Å². The van der Waals surface area contributed by atoms with E-state index in [2.05, 4.69) is 40.7 Å². The third kappa shape index (κ3) is 6.17. The molecule has 0 amide bonds. The topological polar surface area (TPSA) is 77.2 Å². The van der Waals surface area contributed by atoms with Crippen LogP contribution in [0.4, 0.5) is 0 Å². The fourth-order valence-electron chi connectivity index (χ4n) is 2.04. The number of rotatable bonds is 11. The zero-order chi connectivity index (χ0) is 15.7. The van der Waals surface area contributed by atoms with Crippen LogP contribution in [0.5, 0.6) is 0 Å². The summed E-state index contributed by atoms with van der Waals surface area (Å²) in [5.74, 6) is 0. The first kappa shape index (κ1) is 18.2. The van der Waals surface area contributed by atoms with Gasteiger partial charge in [0, 0.05) is 31.5 Å². The van der Waals surface area contributed by atoms with E-state index in [1.54, 1.807) is 12.3 Å². The number of H-pyrrole nitrogens is 1. The summed E-state index contributed by atoms with van der Waals surface area (Å²) in [5, 5.41) is 3.24. The van der Waals surface area contributed by atoms with Crippen LogP contribution in [-0.2, 0) is 16.6 Å². The van der Waals surface area contributed by atoms with Gasteiger partial charge in [0.1, 0.15) is 0 Å². The Labute approximate surface area is 128 Å². The van der Waals surface area contributed by atoms with E-state index in [4.69, 9.17) is 0 Å². The van der Waals surface area contributed by atoms with Crippen LogP contribution in [0.3, 0.4) is 0 Å². The zero-order valence-corrected chi connectivity index (χ0v) is 14.1. The Balaban J connectivity index is 2.50. The Morgan fingerprint density at radius 3 is 2.52 bits per heavy atom. The summed E-state index contributed by atoms with van der Waals surface area (Å²) in [4.78, 5) is 5.48. The summed E-state index contributed by atoms with van der Waals surface area (Å²) in [6.07, 6.45) is 2.60. The molecule has 0 aliphatic rings. The molecule has 1 heterocycles. The smallest absolute Gasteiger partial charge is 0.242 e. The van der Waals surface area contributed by atoms with Crippen LogP contribution in [0.25, 0.3) is 0 Å². The van der Waals surface area contributed by atoms with Gasteiger partial charge in [-0.05, 0) is 32.1 Å². The minimum absolute atomic E-state index is 0.301. The SMILES string of the molecule is CCCNCc1cc(S(=O)(=O)NCCN(CC)CC)c[nH]1. The van der Waals surface area contributed by atoms with Gasteiger partial charge in [-0.25, -0.2) is 13.1 Å². The molecule has 1 aromatic rings. The average Bonchev–Trinajstić information content (AvgIpc) is 2.94. The summed E-state index contributed by atoms with van der Waals surface area (Å²) in [5.41, 5.74) is 0.882. The van der Waals surface area contributed by atoms with E-state index in [1.165, 1.54) is 0 Å². The molecular formula is C14H28N4O2S. The molecule has 0 bridgehead atoms. The molecule has 0 fully saturated rings. The normalized spacial score (nSPS) is 12.2. The van der Waals surface area contributed by atoms with Gasteiger partial charge in [-0.3, -0.25) is 0 Å². The molecule has 0 saturated carbocycles. The van der Waals surface area contributed by atoms with Gasteiger partial charge in [0.25, 0.3) is 0 Å². The van der Waals surface area contributed by atoms with Crippen molar-refractivity contribution in [2.24, 2.45) is 0 Å². The van der Waals surface area contributed by atoms with Crippen molar-refractivity contribution in [2.75, 3.05) is 32.7 Å². The standard InChI is InChI=1S/C14H28N4O2S/c1-4-7-15-11-13-10-14(12-16-13)21(19,20)17-8-9-18(5-2)6-3/h10,12,15-17H,4-9,11H2,1-3H3. The minimum atomic E-state index is -3.42. The highest BCUT2D eigenvalue weighted by Crippen LogP contribution is 2.10. The van der Waals surface area contributed by atoms with Gasteiger partial charge in [-0.15, -0.1) is 0 Å². The highest BCUT2D eigenvalue weighted by Gasteiger charge is 2.15. The van der Waals surface area contributed by atoms with Gasteiger partial charge < -0.3 is 15.2 Å².